The van der Waals surface area contributed by atoms with E-state index < -0.39 is 20.2 Å². The molecule has 0 unspecified atom stereocenters. The van der Waals surface area contributed by atoms with E-state index in [-0.39, 0.29) is 24.3 Å². The van der Waals surface area contributed by atoms with Crippen LogP contribution >= 0.6 is 34.4 Å². The molecule has 1 aliphatic rings. The van der Waals surface area contributed by atoms with Gasteiger partial charge in [-0.2, -0.15) is 21.4 Å². The van der Waals surface area contributed by atoms with Gasteiger partial charge in [0.25, 0.3) is 25.2 Å². The molecule has 2 N–H and O–H groups in total. The van der Waals surface area contributed by atoms with Gasteiger partial charge < -0.3 is 4.90 Å². The summed E-state index contributed by atoms with van der Waals surface area (Å²) in [6, 6.07) is 29.0. The summed E-state index contributed by atoms with van der Waals surface area (Å²) in [6.45, 7) is 0.751. The number of anilines is 1. The minimum Gasteiger partial charge on any atom is -0.335 e. The Balaban J connectivity index is 1.32. The fraction of sp³-hybridized carbons (Fsp3) is 0.182. The highest BCUT2D eigenvalue weighted by molar-refractivity contribution is 8.04. The van der Waals surface area contributed by atoms with Gasteiger partial charge in [-0.3, -0.25) is 9.11 Å². The van der Waals surface area contributed by atoms with Gasteiger partial charge in [0.05, 0.1) is 33.7 Å². The van der Waals surface area contributed by atoms with E-state index in [2.05, 4.69) is 70.1 Å². The van der Waals surface area contributed by atoms with Crippen LogP contribution in [-0.4, -0.2) is 44.0 Å². The lowest BCUT2D eigenvalue weighted by atomic mass is 10.1. The van der Waals surface area contributed by atoms with Gasteiger partial charge in [0.1, 0.15) is 4.70 Å². The maximum atomic E-state index is 11.6. The van der Waals surface area contributed by atoms with Gasteiger partial charge in [-0.15, -0.1) is 11.3 Å². The Morgan fingerprint density at radius 2 is 1.50 bits per heavy atom. The Morgan fingerprint density at radius 1 is 0.761 bits per heavy atom. The van der Waals surface area contributed by atoms with Crippen molar-refractivity contribution in [2.24, 2.45) is 0 Å². The third-order valence-electron chi connectivity index (χ3n) is 7.87. The van der Waals surface area contributed by atoms with Gasteiger partial charge in [-0.05, 0) is 59.2 Å². The molecule has 13 heteroatoms. The van der Waals surface area contributed by atoms with Crippen LogP contribution in [0.25, 0.3) is 47.6 Å². The van der Waals surface area contributed by atoms with Crippen LogP contribution in [-0.2, 0) is 26.8 Å². The lowest BCUT2D eigenvalue weighted by molar-refractivity contribution is -0.667. The number of aromatic nitrogens is 1. The minimum absolute atomic E-state index is 0.231. The first-order valence-corrected chi connectivity index (χ1v) is 20.2. The molecule has 0 fully saturated rings. The average molecular weight is 710 g/mol. The first-order valence-electron chi connectivity index (χ1n) is 14.6. The minimum atomic E-state index is -4.13. The number of rotatable bonds is 10. The molecule has 6 aromatic rings. The van der Waals surface area contributed by atoms with Gasteiger partial charge in [0, 0.05) is 27.4 Å². The molecule has 8 nitrogen and oxygen atoms in total. The molecule has 0 saturated carbocycles. The largest absolute Gasteiger partial charge is 0.335 e. The topological polar surface area (TPSA) is 116 Å². The van der Waals surface area contributed by atoms with Crippen LogP contribution in [0.4, 0.5) is 5.69 Å². The number of hydrogen-bond donors (Lipinski definition) is 2. The fourth-order valence-electron chi connectivity index (χ4n) is 5.84. The number of thioether (sulfide) groups is 1. The first-order chi connectivity index (χ1) is 22.0. The molecule has 0 saturated heterocycles. The summed E-state index contributed by atoms with van der Waals surface area (Å²) >= 11 is 4.91. The zero-order valence-corrected chi connectivity index (χ0v) is 28.4. The van der Waals surface area contributed by atoms with Gasteiger partial charge in [0.2, 0.25) is 5.52 Å². The third kappa shape index (κ3) is 6.58. The zero-order chi connectivity index (χ0) is 32.1. The Labute approximate surface area is 279 Å². The van der Waals surface area contributed by atoms with E-state index in [1.54, 1.807) is 34.4 Å². The van der Waals surface area contributed by atoms with Gasteiger partial charge in [-0.1, -0.05) is 71.6 Å². The predicted octanol–water partition coefficient (Wildman–Crippen LogP) is 7.69. The number of benzene rings is 4. The number of thiophene rings is 1. The van der Waals surface area contributed by atoms with Crippen molar-refractivity contribution in [2.75, 3.05) is 23.0 Å². The Hall–Kier alpha value is -3.30. The van der Waals surface area contributed by atoms with Crippen molar-refractivity contribution >= 4 is 97.5 Å². The third-order valence-corrected chi connectivity index (χ3v) is 12.9. The highest BCUT2D eigenvalue weighted by Gasteiger charge is 2.29. The Kier molecular flexibility index (Phi) is 8.42. The molecule has 0 aliphatic carbocycles. The lowest BCUT2D eigenvalue weighted by Gasteiger charge is -2.20. The van der Waals surface area contributed by atoms with Gasteiger partial charge in [0.15, 0.2) is 6.54 Å². The second kappa shape index (κ2) is 12.4. The maximum Gasteiger partial charge on any atom is 0.265 e. The van der Waals surface area contributed by atoms with Crippen molar-refractivity contribution in [3.8, 4) is 10.4 Å². The van der Waals surface area contributed by atoms with E-state index in [0.29, 0.717) is 13.1 Å². The summed E-state index contributed by atoms with van der Waals surface area (Å²) in [5, 5.41) is 5.10. The molecule has 0 radical (unpaired) electrons. The van der Waals surface area contributed by atoms with E-state index in [0.717, 1.165) is 52.0 Å². The summed E-state index contributed by atoms with van der Waals surface area (Å²) in [4.78, 5) is 4.28. The number of aryl methyl sites for hydroxylation is 1. The second-order valence-electron chi connectivity index (χ2n) is 11.1. The van der Waals surface area contributed by atoms with Crippen LogP contribution in [0.3, 0.4) is 0 Å². The molecule has 0 bridgehead atoms. The molecule has 4 aromatic carbocycles. The normalized spacial score (nSPS) is 14.7. The highest BCUT2D eigenvalue weighted by atomic mass is 32.2. The lowest BCUT2D eigenvalue weighted by Crippen LogP contribution is -2.36. The Bertz CT molecular complexity index is 2350. The fourth-order valence-corrected chi connectivity index (χ4v) is 10.2. The summed E-state index contributed by atoms with van der Waals surface area (Å²) in [6.07, 6.45) is 2.54. The molecule has 46 heavy (non-hydrogen) atoms. The van der Waals surface area contributed by atoms with Gasteiger partial charge in [-0.25, -0.2) is 0 Å². The van der Waals surface area contributed by atoms with Crippen molar-refractivity contribution in [3.05, 3.63) is 95.0 Å². The van der Waals surface area contributed by atoms with Crippen molar-refractivity contribution in [1.29, 1.82) is 0 Å². The van der Waals surface area contributed by atoms with Crippen LogP contribution in [0.15, 0.2) is 94.9 Å². The number of fused-ring (bicyclic) bond motifs is 5. The van der Waals surface area contributed by atoms with E-state index >= 15 is 0 Å². The molecule has 0 atom stereocenters. The van der Waals surface area contributed by atoms with Crippen LogP contribution in [0.1, 0.15) is 17.8 Å². The van der Waals surface area contributed by atoms with Crippen LogP contribution in [0.5, 0.6) is 0 Å². The van der Waals surface area contributed by atoms with E-state index in [1.165, 1.54) is 10.1 Å². The molecule has 0 spiro atoms. The van der Waals surface area contributed by atoms with Gasteiger partial charge >= 0.3 is 0 Å². The molecule has 2 aromatic heterocycles. The standard InChI is InChI=1S/C33H28N2O6S5/c36-45(37,38)17-5-15-34-26-19-24(30-20-23-8-2-4-10-27(23)42-30)12-13-28(26)43-31(34)21-32-35(16-6-18-46(39,40)41)33-25-9-3-1-7-22(25)11-14-29(33)44-32/h1-4,7-14,19-21H,5-6,15-18H2,(H-,36,37,38,39,40,41)/p+1. The summed E-state index contributed by atoms with van der Waals surface area (Å²) < 4.78 is 69.7. The number of nitrogens with zero attached hydrogens (tertiary/aromatic N) is 2. The van der Waals surface area contributed by atoms with Crippen molar-refractivity contribution in [2.45, 2.75) is 24.3 Å². The quantitative estimate of drug-likeness (QED) is 0.110. The SMILES string of the molecule is O=S(=O)(O)CCCN1C(=Cc2sc3ccc4ccccc4c3[n+]2CCCS(=O)(=O)O)Sc2ccc(-c3cc4ccccc4s3)cc21. The zero-order valence-electron chi connectivity index (χ0n) is 24.4. The van der Waals surface area contributed by atoms with Crippen LogP contribution in [0.2, 0.25) is 0 Å². The average Bonchev–Trinajstić information content (AvgIpc) is 3.69. The predicted molar refractivity (Wildman–Crippen MR) is 190 cm³/mol. The maximum absolute atomic E-state index is 11.6. The molecule has 3 heterocycles. The van der Waals surface area contributed by atoms with E-state index in [1.807, 2.05) is 30.3 Å². The summed E-state index contributed by atoms with van der Waals surface area (Å²) in [5.74, 6) is -0.697. The van der Waals surface area contributed by atoms with E-state index in [4.69, 9.17) is 0 Å². The highest BCUT2D eigenvalue weighted by Crippen LogP contribution is 2.49. The number of hydrogen-bond acceptors (Lipinski definition) is 8. The molecule has 7 rings (SSSR count). The smallest absolute Gasteiger partial charge is 0.265 e. The number of thiazole rings is 1. The first kappa shape index (κ1) is 31.3. The molecular formula is C33H29N2O6S5+. The Morgan fingerprint density at radius 3 is 2.28 bits per heavy atom. The van der Waals surface area contributed by atoms with Crippen molar-refractivity contribution in [1.82, 2.24) is 0 Å². The monoisotopic (exact) mass is 709 g/mol. The van der Waals surface area contributed by atoms with Crippen molar-refractivity contribution in [3.63, 3.8) is 0 Å². The second-order valence-corrected chi connectivity index (χ2v) is 17.4. The summed E-state index contributed by atoms with van der Waals surface area (Å²) in [5.41, 5.74) is 3.02. The molecule has 236 valence electrons. The van der Waals surface area contributed by atoms with Crippen LogP contribution in [0, 0.1) is 0 Å². The molecule has 0 amide bonds. The van der Waals surface area contributed by atoms with E-state index in [9.17, 15) is 25.9 Å². The van der Waals surface area contributed by atoms with Crippen LogP contribution < -0.4 is 9.47 Å². The molecule has 1 aliphatic heterocycles. The molecular weight excluding hydrogens is 681 g/mol. The summed E-state index contributed by atoms with van der Waals surface area (Å²) in [7, 11) is -8.24. The van der Waals surface area contributed by atoms with Crippen molar-refractivity contribution < 1.29 is 30.5 Å².